The minimum Gasteiger partial charge on any atom is -0.376 e. The third kappa shape index (κ3) is 5.20. The van der Waals surface area contributed by atoms with Crippen LogP contribution in [0.4, 0.5) is 0 Å². The Labute approximate surface area is 188 Å². The van der Waals surface area contributed by atoms with Crippen molar-refractivity contribution in [3.05, 3.63) is 72.4 Å². The zero-order chi connectivity index (χ0) is 21.6. The van der Waals surface area contributed by atoms with Gasteiger partial charge >= 0.3 is 0 Å². The summed E-state index contributed by atoms with van der Waals surface area (Å²) in [5, 5.41) is 0.864. The van der Waals surface area contributed by atoms with E-state index in [1.807, 2.05) is 54.5 Å². The van der Waals surface area contributed by atoms with Gasteiger partial charge in [0.1, 0.15) is 0 Å². The highest BCUT2D eigenvalue weighted by Crippen LogP contribution is 2.29. The van der Waals surface area contributed by atoms with Gasteiger partial charge in [0.2, 0.25) is 5.91 Å². The Morgan fingerprint density at radius 3 is 2.58 bits per heavy atom. The van der Waals surface area contributed by atoms with Gasteiger partial charge in [-0.25, -0.2) is 4.98 Å². The highest BCUT2D eigenvalue weighted by Gasteiger charge is 2.22. The normalized spacial score (nSPS) is 16.9. The highest BCUT2D eigenvalue weighted by molar-refractivity contribution is 7.99. The van der Waals surface area contributed by atoms with E-state index in [-0.39, 0.29) is 18.1 Å². The molecule has 0 radical (unpaired) electrons. The monoisotopic (exact) mass is 435 g/mol. The van der Waals surface area contributed by atoms with E-state index in [1.165, 1.54) is 11.8 Å². The van der Waals surface area contributed by atoms with Crippen LogP contribution in [0.5, 0.6) is 0 Å². The maximum atomic E-state index is 12.9. The third-order valence-electron chi connectivity index (χ3n) is 5.88. The van der Waals surface area contributed by atoms with E-state index in [2.05, 4.69) is 40.7 Å². The number of amides is 1. The van der Waals surface area contributed by atoms with Crippen molar-refractivity contribution in [2.75, 3.05) is 19.4 Å². The summed E-state index contributed by atoms with van der Waals surface area (Å²) in [5.74, 6) is 0.444. The second kappa shape index (κ2) is 10.2. The summed E-state index contributed by atoms with van der Waals surface area (Å²) in [5.41, 5.74) is 3.33. The van der Waals surface area contributed by atoms with Crippen molar-refractivity contribution >= 4 is 17.7 Å². The summed E-state index contributed by atoms with van der Waals surface area (Å²) in [7, 11) is 1.87. The molecule has 2 heterocycles. The number of hydrogen-bond acceptors (Lipinski definition) is 4. The Balaban J connectivity index is 1.48. The first-order chi connectivity index (χ1) is 15.1. The van der Waals surface area contributed by atoms with Crippen LogP contribution >= 0.6 is 11.8 Å². The number of nitrogens with zero attached hydrogens (tertiary/aromatic N) is 3. The molecule has 0 aliphatic carbocycles. The number of benzene rings is 2. The van der Waals surface area contributed by atoms with Crippen molar-refractivity contribution in [1.82, 2.24) is 14.5 Å². The largest absolute Gasteiger partial charge is 0.376 e. The number of rotatable bonds is 8. The van der Waals surface area contributed by atoms with Gasteiger partial charge in [0.05, 0.1) is 36.3 Å². The first-order valence-corrected chi connectivity index (χ1v) is 11.8. The SMILES string of the molecule is CC(c1ccccc1)N(C)C(=O)CSc1ncc(-c2ccccc2)n1CC1CCCO1. The van der Waals surface area contributed by atoms with Crippen molar-refractivity contribution < 1.29 is 9.53 Å². The van der Waals surface area contributed by atoms with E-state index in [4.69, 9.17) is 4.74 Å². The number of imidazole rings is 1. The Kier molecular flexibility index (Phi) is 7.10. The molecule has 5 nitrogen and oxygen atoms in total. The van der Waals surface area contributed by atoms with Crippen molar-refractivity contribution in [3.8, 4) is 11.3 Å². The molecule has 6 heteroatoms. The summed E-state index contributed by atoms with van der Waals surface area (Å²) >= 11 is 1.50. The second-order valence-corrected chi connectivity index (χ2v) is 8.86. The zero-order valence-corrected chi connectivity index (χ0v) is 18.9. The molecule has 4 rings (SSSR count). The molecule has 1 amide bonds. The smallest absolute Gasteiger partial charge is 0.233 e. The van der Waals surface area contributed by atoms with Crippen molar-refractivity contribution in [2.24, 2.45) is 0 Å². The first-order valence-electron chi connectivity index (χ1n) is 10.8. The Hall–Kier alpha value is -2.57. The molecule has 1 aromatic heterocycles. The Bertz CT molecular complexity index is 985. The average molecular weight is 436 g/mol. The fraction of sp³-hybridized carbons (Fsp3) is 0.360. The molecule has 1 aliphatic heterocycles. The van der Waals surface area contributed by atoms with E-state index in [1.54, 1.807) is 0 Å². The van der Waals surface area contributed by atoms with E-state index in [0.29, 0.717) is 5.75 Å². The number of thioether (sulfide) groups is 1. The van der Waals surface area contributed by atoms with Gasteiger partial charge in [-0.2, -0.15) is 0 Å². The predicted octanol–water partition coefficient (Wildman–Crippen LogP) is 5.04. The molecule has 1 saturated heterocycles. The van der Waals surface area contributed by atoms with Crippen LogP contribution in [0.2, 0.25) is 0 Å². The number of carbonyl (C=O) groups excluding carboxylic acids is 1. The molecular formula is C25H29N3O2S. The third-order valence-corrected chi connectivity index (χ3v) is 6.86. The maximum absolute atomic E-state index is 12.9. The minimum absolute atomic E-state index is 0.0285. The lowest BCUT2D eigenvalue weighted by Crippen LogP contribution is -2.31. The van der Waals surface area contributed by atoms with Crippen LogP contribution in [-0.4, -0.2) is 45.9 Å². The standard InChI is InChI=1S/C25H29N3O2S/c1-19(20-10-5-3-6-11-20)27(2)24(29)18-31-25-26-16-23(21-12-7-4-8-13-21)28(25)17-22-14-9-15-30-22/h3-8,10-13,16,19,22H,9,14-15,17-18H2,1-2H3. The Morgan fingerprint density at radius 2 is 1.90 bits per heavy atom. The number of aromatic nitrogens is 2. The van der Waals surface area contributed by atoms with E-state index in [0.717, 1.165) is 48.0 Å². The first kappa shape index (κ1) is 21.7. The molecule has 1 fully saturated rings. The maximum Gasteiger partial charge on any atom is 0.233 e. The van der Waals surface area contributed by atoms with Gasteiger partial charge in [-0.05, 0) is 30.9 Å². The van der Waals surface area contributed by atoms with Crippen LogP contribution in [0.25, 0.3) is 11.3 Å². The predicted molar refractivity (Wildman–Crippen MR) is 125 cm³/mol. The lowest BCUT2D eigenvalue weighted by Gasteiger charge is -2.25. The van der Waals surface area contributed by atoms with Crippen molar-refractivity contribution in [2.45, 2.75) is 43.6 Å². The van der Waals surface area contributed by atoms with Gasteiger partial charge in [0, 0.05) is 13.7 Å². The summed E-state index contributed by atoms with van der Waals surface area (Å²) in [6.07, 6.45) is 4.27. The molecule has 0 bridgehead atoms. The topological polar surface area (TPSA) is 47.4 Å². The highest BCUT2D eigenvalue weighted by atomic mass is 32.2. The second-order valence-electron chi connectivity index (χ2n) is 7.92. The van der Waals surface area contributed by atoms with Crippen molar-refractivity contribution in [1.29, 1.82) is 0 Å². The molecule has 2 unspecified atom stereocenters. The molecule has 2 aromatic carbocycles. The van der Waals surface area contributed by atoms with Crippen LogP contribution in [0, 0.1) is 0 Å². The lowest BCUT2D eigenvalue weighted by atomic mass is 10.1. The molecule has 0 N–H and O–H groups in total. The number of hydrogen-bond donors (Lipinski definition) is 0. The molecule has 0 saturated carbocycles. The van der Waals surface area contributed by atoms with E-state index >= 15 is 0 Å². The summed E-state index contributed by atoms with van der Waals surface area (Å²) in [6, 6.07) is 20.4. The fourth-order valence-corrected chi connectivity index (χ4v) is 4.79. The molecule has 1 aliphatic rings. The van der Waals surface area contributed by atoms with Crippen LogP contribution < -0.4 is 0 Å². The van der Waals surface area contributed by atoms with Crippen molar-refractivity contribution in [3.63, 3.8) is 0 Å². The fourth-order valence-electron chi connectivity index (χ4n) is 3.88. The van der Waals surface area contributed by atoms with Crippen LogP contribution in [0.15, 0.2) is 72.0 Å². The van der Waals surface area contributed by atoms with Gasteiger partial charge in [0.25, 0.3) is 0 Å². The zero-order valence-electron chi connectivity index (χ0n) is 18.1. The van der Waals surface area contributed by atoms with E-state index < -0.39 is 0 Å². The number of carbonyl (C=O) groups is 1. The molecule has 2 atom stereocenters. The summed E-state index contributed by atoms with van der Waals surface area (Å²) < 4.78 is 8.10. The van der Waals surface area contributed by atoms with Gasteiger partial charge in [-0.3, -0.25) is 4.79 Å². The van der Waals surface area contributed by atoms with Crippen LogP contribution in [-0.2, 0) is 16.1 Å². The van der Waals surface area contributed by atoms with E-state index in [9.17, 15) is 4.79 Å². The Morgan fingerprint density at radius 1 is 1.19 bits per heavy atom. The molecule has 31 heavy (non-hydrogen) atoms. The quantitative estimate of drug-likeness (QED) is 0.465. The summed E-state index contributed by atoms with van der Waals surface area (Å²) in [4.78, 5) is 19.4. The van der Waals surface area contributed by atoms with Gasteiger partial charge < -0.3 is 14.2 Å². The van der Waals surface area contributed by atoms with Crippen LogP contribution in [0.1, 0.15) is 31.4 Å². The van der Waals surface area contributed by atoms with Gasteiger partial charge in [-0.15, -0.1) is 0 Å². The van der Waals surface area contributed by atoms with Gasteiger partial charge in [0.15, 0.2) is 5.16 Å². The average Bonchev–Trinajstić information content (AvgIpc) is 3.48. The molecular weight excluding hydrogens is 406 g/mol. The molecule has 3 aromatic rings. The number of ether oxygens (including phenoxy) is 1. The van der Waals surface area contributed by atoms with Crippen LogP contribution in [0.3, 0.4) is 0 Å². The molecule has 162 valence electrons. The lowest BCUT2D eigenvalue weighted by molar-refractivity contribution is -0.128. The minimum atomic E-state index is 0.0285. The van der Waals surface area contributed by atoms with Gasteiger partial charge in [-0.1, -0.05) is 72.4 Å². The summed E-state index contributed by atoms with van der Waals surface area (Å²) in [6.45, 7) is 3.64. The molecule has 0 spiro atoms.